The van der Waals surface area contributed by atoms with Gasteiger partial charge in [0.1, 0.15) is 29.9 Å². The third kappa shape index (κ3) is 4.95. The zero-order valence-corrected chi connectivity index (χ0v) is 24.1. The minimum absolute atomic E-state index is 0.0179. The Hall–Kier alpha value is -4.47. The lowest BCUT2D eigenvalue weighted by atomic mass is 10.0. The number of nitrogens with zero attached hydrogens (tertiary/aromatic N) is 5. The molecule has 0 bridgehead atoms. The normalized spacial score (nSPS) is 20.9. The van der Waals surface area contributed by atoms with Crippen molar-refractivity contribution in [3.05, 3.63) is 77.3 Å². The molecule has 3 atom stereocenters. The summed E-state index contributed by atoms with van der Waals surface area (Å²) in [4.78, 5) is 50.0. The topological polar surface area (TPSA) is 110 Å². The van der Waals surface area contributed by atoms with Crippen molar-refractivity contribution in [3.8, 4) is 11.1 Å². The molecule has 2 amide bonds. The molecule has 6 rings (SSSR count). The molecule has 1 aliphatic carbocycles. The van der Waals surface area contributed by atoms with Crippen molar-refractivity contribution < 1.29 is 18.8 Å². The first-order valence-electron chi connectivity index (χ1n) is 14.2. The average molecular weight is 569 g/mol. The average Bonchev–Trinajstić information content (AvgIpc) is 3.30. The number of ketones is 1. The summed E-state index contributed by atoms with van der Waals surface area (Å²) in [6.45, 7) is 7.48. The van der Waals surface area contributed by atoms with Crippen LogP contribution in [0.1, 0.15) is 54.1 Å². The maximum atomic E-state index is 14.0. The Balaban J connectivity index is 1.24. The number of carbonyl (C=O) groups excluding carboxylic acids is 3. The third-order valence-corrected chi connectivity index (χ3v) is 8.64. The van der Waals surface area contributed by atoms with Gasteiger partial charge in [-0.1, -0.05) is 25.1 Å². The van der Waals surface area contributed by atoms with Crippen molar-refractivity contribution in [3.63, 3.8) is 0 Å². The highest BCUT2D eigenvalue weighted by molar-refractivity contribution is 6.07. The van der Waals surface area contributed by atoms with E-state index in [1.165, 1.54) is 13.0 Å². The van der Waals surface area contributed by atoms with E-state index in [0.29, 0.717) is 35.1 Å². The second-order valence-electron chi connectivity index (χ2n) is 11.8. The molecule has 1 saturated heterocycles. The largest absolute Gasteiger partial charge is 0.354 e. The van der Waals surface area contributed by atoms with Crippen LogP contribution in [0.4, 0.5) is 4.39 Å². The van der Waals surface area contributed by atoms with Gasteiger partial charge < -0.3 is 10.2 Å². The molecule has 10 heteroatoms. The number of carbonyl (C=O) groups is 3. The minimum atomic E-state index is -0.606. The molecule has 1 saturated carbocycles. The predicted molar refractivity (Wildman–Crippen MR) is 155 cm³/mol. The molecular formula is C32H33FN6O3. The summed E-state index contributed by atoms with van der Waals surface area (Å²) < 4.78 is 15.6. The summed E-state index contributed by atoms with van der Waals surface area (Å²) >= 11 is 0. The highest BCUT2D eigenvalue weighted by Gasteiger charge is 2.64. The first kappa shape index (κ1) is 27.7. The van der Waals surface area contributed by atoms with Crippen molar-refractivity contribution in [2.45, 2.75) is 65.6 Å². The van der Waals surface area contributed by atoms with E-state index in [0.717, 1.165) is 23.1 Å². The number of halogens is 1. The summed E-state index contributed by atoms with van der Waals surface area (Å²) in [6.07, 6.45) is 5.27. The Kier molecular flexibility index (Phi) is 6.87. The van der Waals surface area contributed by atoms with Gasteiger partial charge in [-0.15, -0.1) is 0 Å². The Morgan fingerprint density at radius 3 is 2.52 bits per heavy atom. The van der Waals surface area contributed by atoms with Gasteiger partial charge in [0.25, 0.3) is 0 Å². The molecular weight excluding hydrogens is 535 g/mol. The van der Waals surface area contributed by atoms with Gasteiger partial charge in [-0.25, -0.2) is 14.4 Å². The molecule has 2 aromatic heterocycles. The molecule has 4 aromatic rings. The number of nitrogens with one attached hydrogen (secondary N) is 1. The number of fused-ring (bicyclic) bond motifs is 2. The van der Waals surface area contributed by atoms with Crippen LogP contribution in [0.25, 0.3) is 22.0 Å². The molecule has 9 nitrogen and oxygen atoms in total. The van der Waals surface area contributed by atoms with Crippen molar-refractivity contribution in [1.82, 2.24) is 30.0 Å². The van der Waals surface area contributed by atoms with Crippen LogP contribution in [0.2, 0.25) is 0 Å². The number of aryl methyl sites for hydroxylation is 2. The zero-order chi connectivity index (χ0) is 29.8. The fraction of sp³-hybridized carbons (Fsp3) is 0.375. The van der Waals surface area contributed by atoms with Gasteiger partial charge in [-0.2, -0.15) is 5.10 Å². The summed E-state index contributed by atoms with van der Waals surface area (Å²) in [6, 6.07) is 9.74. The highest BCUT2D eigenvalue weighted by atomic mass is 19.1. The Bertz CT molecular complexity index is 1730. The standard InChI is InChI=1S/C32H33FN6O3/c1-18-11-22(23-15-35-20(3)36-16-23)12-24-29(19(2)40)37-38(30(18)24)17-28(41)39-26(13-32(4)14-27(32)39)31(42)34-10-9-21-7-5-6-8-25(21)33/h5-8,11-12,15-16,26-27H,9-10,13-14,17H2,1-4H3,(H,34,42)/t26-,27+,32-/m0/s1. The molecule has 2 fully saturated rings. The second-order valence-corrected chi connectivity index (χ2v) is 11.8. The lowest BCUT2D eigenvalue weighted by Crippen LogP contribution is -2.49. The number of rotatable bonds is 8. The van der Waals surface area contributed by atoms with Gasteiger partial charge in [-0.3, -0.25) is 19.1 Å². The predicted octanol–water partition coefficient (Wildman–Crippen LogP) is 4.19. The summed E-state index contributed by atoms with van der Waals surface area (Å²) in [7, 11) is 0. The molecule has 2 aromatic carbocycles. The van der Waals surface area contributed by atoms with Gasteiger partial charge in [0.05, 0.1) is 5.52 Å². The first-order chi connectivity index (χ1) is 20.1. The minimum Gasteiger partial charge on any atom is -0.354 e. The van der Waals surface area contributed by atoms with Gasteiger partial charge >= 0.3 is 0 Å². The first-order valence-corrected chi connectivity index (χ1v) is 14.2. The molecule has 3 heterocycles. The van der Waals surface area contributed by atoms with Gasteiger partial charge in [0.2, 0.25) is 11.8 Å². The van der Waals surface area contributed by atoms with E-state index in [-0.39, 0.29) is 53.7 Å². The number of piperidine rings is 1. The molecule has 42 heavy (non-hydrogen) atoms. The maximum absolute atomic E-state index is 14.0. The van der Waals surface area contributed by atoms with Crippen molar-refractivity contribution >= 4 is 28.5 Å². The van der Waals surface area contributed by atoms with E-state index in [4.69, 9.17) is 0 Å². The molecule has 0 spiro atoms. The fourth-order valence-electron chi connectivity index (χ4n) is 6.32. The molecule has 1 N–H and O–H groups in total. The van der Waals surface area contributed by atoms with Crippen LogP contribution in [0.5, 0.6) is 0 Å². The second kappa shape index (κ2) is 10.4. The number of hydrogen-bond donors (Lipinski definition) is 1. The number of benzene rings is 2. The fourth-order valence-corrected chi connectivity index (χ4v) is 6.32. The zero-order valence-electron chi connectivity index (χ0n) is 24.1. The summed E-state index contributed by atoms with van der Waals surface area (Å²) in [5.74, 6) is -0.289. The maximum Gasteiger partial charge on any atom is 0.245 e. The van der Waals surface area contributed by atoms with E-state index in [1.807, 2.05) is 26.0 Å². The van der Waals surface area contributed by atoms with E-state index in [9.17, 15) is 18.8 Å². The van der Waals surface area contributed by atoms with Crippen molar-refractivity contribution in [1.29, 1.82) is 0 Å². The lowest BCUT2D eigenvalue weighted by Gasteiger charge is -2.27. The number of likely N-dealkylation sites (tertiary alicyclic amines) is 1. The lowest BCUT2D eigenvalue weighted by molar-refractivity contribution is -0.140. The van der Waals surface area contributed by atoms with Gasteiger partial charge in [0.15, 0.2) is 5.78 Å². The Morgan fingerprint density at radius 1 is 1.07 bits per heavy atom. The van der Waals surface area contributed by atoms with Gasteiger partial charge in [0, 0.05) is 42.9 Å². The van der Waals surface area contributed by atoms with Crippen molar-refractivity contribution in [2.75, 3.05) is 6.54 Å². The van der Waals surface area contributed by atoms with Gasteiger partial charge in [-0.05, 0) is 73.4 Å². The third-order valence-electron chi connectivity index (χ3n) is 8.64. The quantitative estimate of drug-likeness (QED) is 0.319. The van der Waals surface area contributed by atoms with Crippen LogP contribution in [0, 0.1) is 25.1 Å². The molecule has 0 unspecified atom stereocenters. The van der Waals surface area contributed by atoms with Crippen LogP contribution in [0.15, 0.2) is 48.8 Å². The molecule has 0 radical (unpaired) electrons. The number of Topliss-reactive ketones (excluding diaryl/α,β-unsaturated/α-hetero) is 1. The van der Waals surface area contributed by atoms with E-state index >= 15 is 0 Å². The monoisotopic (exact) mass is 568 g/mol. The van der Waals surface area contributed by atoms with Crippen molar-refractivity contribution in [2.24, 2.45) is 5.41 Å². The SMILES string of the molecule is CC(=O)c1nn(CC(=O)N2[C@H](C(=O)NCCc3ccccc3F)C[C@@]3(C)C[C@@H]23)c2c(C)cc(-c3cnc(C)nc3)cc12. The number of aromatic nitrogens is 4. The Labute approximate surface area is 243 Å². The Morgan fingerprint density at radius 2 is 1.81 bits per heavy atom. The van der Waals surface area contributed by atoms with Crippen LogP contribution in [-0.4, -0.2) is 60.9 Å². The highest BCUT2D eigenvalue weighted by Crippen LogP contribution is 2.59. The number of hydrogen-bond acceptors (Lipinski definition) is 6. The van der Waals surface area contributed by atoms with Crippen LogP contribution in [0.3, 0.4) is 0 Å². The van der Waals surface area contributed by atoms with E-state index in [1.54, 1.807) is 40.2 Å². The molecule has 2 aliphatic rings. The summed E-state index contributed by atoms with van der Waals surface area (Å²) in [5.41, 5.74) is 3.96. The smallest absolute Gasteiger partial charge is 0.245 e. The van der Waals surface area contributed by atoms with Crippen LogP contribution >= 0.6 is 0 Å². The summed E-state index contributed by atoms with van der Waals surface area (Å²) in [5, 5.41) is 8.15. The van der Waals surface area contributed by atoms with E-state index in [2.05, 4.69) is 27.3 Å². The van der Waals surface area contributed by atoms with E-state index < -0.39 is 6.04 Å². The molecule has 1 aliphatic heterocycles. The molecule has 216 valence electrons. The van der Waals surface area contributed by atoms with Crippen LogP contribution in [-0.2, 0) is 22.6 Å². The van der Waals surface area contributed by atoms with Crippen LogP contribution < -0.4 is 5.32 Å². The number of amides is 2.